The summed E-state index contributed by atoms with van der Waals surface area (Å²) in [7, 11) is -3.64. The predicted molar refractivity (Wildman–Crippen MR) is 131 cm³/mol. The number of carbonyl (C=O) groups excluding carboxylic acids is 2. The zero-order chi connectivity index (χ0) is 24.3. The molecule has 7 nitrogen and oxygen atoms in total. The number of amides is 2. The Labute approximate surface area is 196 Å². The zero-order valence-corrected chi connectivity index (χ0v) is 20.6. The molecule has 1 saturated heterocycles. The average Bonchev–Trinajstić information content (AvgIpc) is 2.77. The average molecular weight is 470 g/mol. The van der Waals surface area contributed by atoms with Crippen molar-refractivity contribution in [2.75, 3.05) is 31.5 Å². The Morgan fingerprint density at radius 3 is 1.97 bits per heavy atom. The number of carbonyl (C=O) groups is 2. The van der Waals surface area contributed by atoms with E-state index < -0.39 is 10.0 Å². The number of piperazine rings is 1. The van der Waals surface area contributed by atoms with Crippen molar-refractivity contribution in [1.82, 2.24) is 9.21 Å². The standard InChI is InChI=1S/C25H31N3O4S/c1-17-16-18(2)20(4)25(19(17)3)33(31,32)28-14-12-27(13-15-28)24(30)11-8-22-6-9-23(10-7-22)26-21(5)29/h6-11,16H,12-15H2,1-5H3,(H,26,29)/b11-8+. The molecular weight excluding hydrogens is 438 g/mol. The molecule has 33 heavy (non-hydrogen) atoms. The summed E-state index contributed by atoms with van der Waals surface area (Å²) in [5.41, 5.74) is 5.01. The predicted octanol–water partition coefficient (Wildman–Crippen LogP) is 3.42. The largest absolute Gasteiger partial charge is 0.337 e. The Balaban J connectivity index is 1.65. The van der Waals surface area contributed by atoms with E-state index in [0.29, 0.717) is 23.7 Å². The smallest absolute Gasteiger partial charge is 0.246 e. The molecule has 1 heterocycles. The summed E-state index contributed by atoms with van der Waals surface area (Å²) in [6.45, 7) is 10.2. The molecule has 2 aromatic carbocycles. The van der Waals surface area contributed by atoms with Crippen molar-refractivity contribution in [2.24, 2.45) is 0 Å². The second-order valence-electron chi connectivity index (χ2n) is 8.46. The number of nitrogens with one attached hydrogen (secondary N) is 1. The number of hydrogen-bond donors (Lipinski definition) is 1. The van der Waals surface area contributed by atoms with Crippen LogP contribution in [0.4, 0.5) is 5.69 Å². The van der Waals surface area contributed by atoms with Gasteiger partial charge in [-0.3, -0.25) is 9.59 Å². The monoisotopic (exact) mass is 469 g/mol. The van der Waals surface area contributed by atoms with Gasteiger partial charge < -0.3 is 10.2 Å². The van der Waals surface area contributed by atoms with Gasteiger partial charge in [0.2, 0.25) is 21.8 Å². The molecule has 1 aliphatic heterocycles. The minimum absolute atomic E-state index is 0.141. The van der Waals surface area contributed by atoms with Gasteiger partial charge in [-0.05, 0) is 73.7 Å². The topological polar surface area (TPSA) is 86.8 Å². The van der Waals surface area contributed by atoms with Gasteiger partial charge in [0.25, 0.3) is 0 Å². The van der Waals surface area contributed by atoms with Crippen molar-refractivity contribution < 1.29 is 18.0 Å². The number of nitrogens with zero attached hydrogens (tertiary/aromatic N) is 2. The molecule has 1 aliphatic rings. The maximum absolute atomic E-state index is 13.4. The Morgan fingerprint density at radius 2 is 1.45 bits per heavy atom. The summed E-state index contributed by atoms with van der Waals surface area (Å²) in [6.07, 6.45) is 3.21. The Hall–Kier alpha value is -2.97. The lowest BCUT2D eigenvalue weighted by Gasteiger charge is -2.34. The molecule has 0 bridgehead atoms. The third kappa shape index (κ3) is 5.51. The van der Waals surface area contributed by atoms with Crippen molar-refractivity contribution in [3.05, 3.63) is 64.2 Å². The van der Waals surface area contributed by atoms with E-state index >= 15 is 0 Å². The van der Waals surface area contributed by atoms with E-state index in [1.165, 1.54) is 17.3 Å². The van der Waals surface area contributed by atoms with Crippen molar-refractivity contribution >= 4 is 33.6 Å². The molecule has 2 amide bonds. The second-order valence-corrected chi connectivity index (χ2v) is 10.3. The highest BCUT2D eigenvalue weighted by Gasteiger charge is 2.32. The van der Waals surface area contributed by atoms with Gasteiger partial charge in [0.15, 0.2) is 0 Å². The highest BCUT2D eigenvalue weighted by molar-refractivity contribution is 7.89. The summed E-state index contributed by atoms with van der Waals surface area (Å²) < 4.78 is 28.3. The third-order valence-electron chi connectivity index (χ3n) is 6.09. The van der Waals surface area contributed by atoms with Crippen molar-refractivity contribution in [3.63, 3.8) is 0 Å². The van der Waals surface area contributed by atoms with Crippen LogP contribution in [0.25, 0.3) is 6.08 Å². The lowest BCUT2D eigenvalue weighted by molar-refractivity contribution is -0.127. The maximum Gasteiger partial charge on any atom is 0.246 e. The van der Waals surface area contributed by atoms with Gasteiger partial charge in [-0.15, -0.1) is 0 Å². The molecule has 0 aromatic heterocycles. The van der Waals surface area contributed by atoms with Crippen LogP contribution in [0.3, 0.4) is 0 Å². The van der Waals surface area contributed by atoms with Crippen molar-refractivity contribution in [3.8, 4) is 0 Å². The lowest BCUT2D eigenvalue weighted by atomic mass is 10.0. The molecule has 0 atom stereocenters. The van der Waals surface area contributed by atoms with Crippen LogP contribution in [0.15, 0.2) is 41.3 Å². The van der Waals surface area contributed by atoms with Gasteiger partial charge in [0, 0.05) is 44.9 Å². The molecule has 0 aliphatic carbocycles. The first-order chi connectivity index (χ1) is 15.5. The first-order valence-corrected chi connectivity index (χ1v) is 12.4. The highest BCUT2D eigenvalue weighted by Crippen LogP contribution is 2.29. The fourth-order valence-corrected chi connectivity index (χ4v) is 6.00. The van der Waals surface area contributed by atoms with Gasteiger partial charge >= 0.3 is 0 Å². The number of anilines is 1. The van der Waals surface area contributed by atoms with Crippen LogP contribution in [-0.2, 0) is 19.6 Å². The normalized spacial score (nSPS) is 15.1. The fraction of sp³-hybridized carbons (Fsp3) is 0.360. The molecule has 176 valence electrons. The fourth-order valence-electron chi connectivity index (χ4n) is 4.00. The maximum atomic E-state index is 13.4. The summed E-state index contributed by atoms with van der Waals surface area (Å²) >= 11 is 0. The van der Waals surface area contributed by atoms with Crippen LogP contribution < -0.4 is 5.32 Å². The number of sulfonamides is 1. The quantitative estimate of drug-likeness (QED) is 0.680. The van der Waals surface area contributed by atoms with Gasteiger partial charge in [-0.25, -0.2) is 8.42 Å². The van der Waals surface area contributed by atoms with Crippen molar-refractivity contribution in [2.45, 2.75) is 39.5 Å². The van der Waals surface area contributed by atoms with Crippen LogP contribution in [0, 0.1) is 27.7 Å². The van der Waals surface area contributed by atoms with Gasteiger partial charge in [-0.1, -0.05) is 18.2 Å². The van der Waals surface area contributed by atoms with E-state index in [1.807, 2.05) is 45.9 Å². The first-order valence-electron chi connectivity index (χ1n) is 10.9. The number of rotatable bonds is 5. The lowest BCUT2D eigenvalue weighted by Crippen LogP contribution is -2.50. The zero-order valence-electron chi connectivity index (χ0n) is 19.8. The Morgan fingerprint density at radius 1 is 0.909 bits per heavy atom. The van der Waals surface area contributed by atoms with Crippen LogP contribution in [0.1, 0.15) is 34.7 Å². The van der Waals surface area contributed by atoms with Crippen molar-refractivity contribution in [1.29, 1.82) is 0 Å². The molecule has 2 aromatic rings. The van der Waals surface area contributed by atoms with Crippen LogP contribution in [0.5, 0.6) is 0 Å². The van der Waals surface area contributed by atoms with Gasteiger partial charge in [-0.2, -0.15) is 4.31 Å². The van der Waals surface area contributed by atoms with Crippen LogP contribution in [0.2, 0.25) is 0 Å². The Bertz CT molecular complexity index is 1170. The van der Waals surface area contributed by atoms with E-state index in [-0.39, 0.29) is 24.9 Å². The molecule has 8 heteroatoms. The van der Waals surface area contributed by atoms with E-state index in [9.17, 15) is 18.0 Å². The molecule has 1 N–H and O–H groups in total. The molecule has 1 fully saturated rings. The molecule has 3 rings (SSSR count). The highest BCUT2D eigenvalue weighted by atomic mass is 32.2. The van der Waals surface area contributed by atoms with Gasteiger partial charge in [0.05, 0.1) is 4.90 Å². The number of aryl methyl sites for hydroxylation is 2. The summed E-state index contributed by atoms with van der Waals surface area (Å²) in [5, 5.41) is 2.70. The van der Waals surface area contributed by atoms with Crippen LogP contribution >= 0.6 is 0 Å². The molecule has 0 unspecified atom stereocenters. The third-order valence-corrected chi connectivity index (χ3v) is 8.27. The minimum atomic E-state index is -3.64. The van der Waals surface area contributed by atoms with E-state index in [1.54, 1.807) is 23.1 Å². The van der Waals surface area contributed by atoms with Gasteiger partial charge in [0.1, 0.15) is 0 Å². The van der Waals surface area contributed by atoms with Crippen LogP contribution in [-0.4, -0.2) is 55.6 Å². The molecule has 0 radical (unpaired) electrons. The Kier molecular flexibility index (Phi) is 7.39. The number of hydrogen-bond acceptors (Lipinski definition) is 4. The molecular formula is C25H31N3O4S. The summed E-state index contributed by atoms with van der Waals surface area (Å²) in [6, 6.07) is 9.18. The minimum Gasteiger partial charge on any atom is -0.337 e. The first kappa shape index (κ1) is 24.7. The summed E-state index contributed by atoms with van der Waals surface area (Å²) in [5.74, 6) is -0.297. The molecule has 0 spiro atoms. The second kappa shape index (κ2) is 9.89. The van der Waals surface area contributed by atoms with E-state index in [4.69, 9.17) is 0 Å². The van der Waals surface area contributed by atoms with E-state index in [2.05, 4.69) is 5.32 Å². The summed E-state index contributed by atoms with van der Waals surface area (Å²) in [4.78, 5) is 25.8. The molecule has 0 saturated carbocycles. The SMILES string of the molecule is CC(=O)Nc1ccc(/C=C/C(=O)N2CCN(S(=O)(=O)c3c(C)c(C)cc(C)c3C)CC2)cc1. The number of benzene rings is 2. The van der Waals surface area contributed by atoms with E-state index in [0.717, 1.165) is 27.8 Å².